The molecule has 1 aromatic heterocycles. The molecule has 1 unspecified atom stereocenters. The molecule has 2 aromatic carbocycles. The third kappa shape index (κ3) is 4.36. The van der Waals surface area contributed by atoms with Crippen molar-refractivity contribution in [3.05, 3.63) is 71.5 Å². The number of benzene rings is 2. The standard InChI is InChI=1S/C25H29NO2/c1-18-17-26-23(16-25(18)28-21-11-3-2-4-12-21)24(27)15-14-20-10-7-9-19-8-5-6-13-22(19)20/h5-10,13,16-17,21,24,27H,2-4,11-12,14-15H2,1H3. The SMILES string of the molecule is Cc1cnc(C(O)CCc2cccc3ccccc23)cc1OC1CCCCC1. The summed E-state index contributed by atoms with van der Waals surface area (Å²) in [7, 11) is 0. The van der Waals surface area contributed by atoms with Gasteiger partial charge in [0.15, 0.2) is 0 Å². The van der Waals surface area contributed by atoms with Crippen molar-refractivity contribution >= 4 is 10.8 Å². The molecule has 1 saturated carbocycles. The van der Waals surface area contributed by atoms with E-state index in [0.29, 0.717) is 18.2 Å². The van der Waals surface area contributed by atoms with Crippen molar-refractivity contribution in [3.63, 3.8) is 0 Å². The van der Waals surface area contributed by atoms with Crippen molar-refractivity contribution in [1.29, 1.82) is 0 Å². The van der Waals surface area contributed by atoms with Gasteiger partial charge in [-0.2, -0.15) is 0 Å². The maximum Gasteiger partial charge on any atom is 0.126 e. The Hall–Kier alpha value is -2.39. The highest BCUT2D eigenvalue weighted by Crippen LogP contribution is 2.29. The number of nitrogens with zero attached hydrogens (tertiary/aromatic N) is 1. The van der Waals surface area contributed by atoms with Gasteiger partial charge in [-0.25, -0.2) is 0 Å². The van der Waals surface area contributed by atoms with Crippen LogP contribution in [0.1, 0.15) is 61.4 Å². The van der Waals surface area contributed by atoms with Crippen LogP contribution in [0.4, 0.5) is 0 Å². The molecule has 1 heterocycles. The van der Waals surface area contributed by atoms with E-state index in [1.807, 2.05) is 19.2 Å². The van der Waals surface area contributed by atoms with Gasteiger partial charge in [-0.1, -0.05) is 48.9 Å². The Labute approximate surface area is 167 Å². The number of rotatable bonds is 6. The van der Waals surface area contributed by atoms with Gasteiger partial charge in [0.05, 0.1) is 17.9 Å². The molecule has 28 heavy (non-hydrogen) atoms. The first-order valence-corrected chi connectivity index (χ1v) is 10.5. The van der Waals surface area contributed by atoms with E-state index in [1.165, 1.54) is 35.6 Å². The molecule has 0 saturated heterocycles. The monoisotopic (exact) mass is 375 g/mol. The van der Waals surface area contributed by atoms with Gasteiger partial charge in [-0.3, -0.25) is 4.98 Å². The van der Waals surface area contributed by atoms with Crippen LogP contribution in [0.25, 0.3) is 10.8 Å². The van der Waals surface area contributed by atoms with Crippen LogP contribution < -0.4 is 4.74 Å². The normalized spacial score (nSPS) is 16.2. The molecular formula is C25H29NO2. The Morgan fingerprint density at radius 1 is 1.07 bits per heavy atom. The zero-order chi connectivity index (χ0) is 19.3. The van der Waals surface area contributed by atoms with E-state index in [4.69, 9.17) is 4.74 Å². The smallest absolute Gasteiger partial charge is 0.126 e. The van der Waals surface area contributed by atoms with E-state index in [1.54, 1.807) is 0 Å². The second-order valence-corrected chi connectivity index (χ2v) is 7.95. The fraction of sp³-hybridized carbons (Fsp3) is 0.400. The van der Waals surface area contributed by atoms with Crippen LogP contribution in [-0.2, 0) is 6.42 Å². The van der Waals surface area contributed by atoms with Crippen LogP contribution in [0.15, 0.2) is 54.7 Å². The van der Waals surface area contributed by atoms with Crippen LogP contribution in [0, 0.1) is 6.92 Å². The van der Waals surface area contributed by atoms with Crippen molar-refractivity contribution < 1.29 is 9.84 Å². The van der Waals surface area contributed by atoms with Gasteiger partial charge in [-0.05, 0) is 61.8 Å². The number of aromatic nitrogens is 1. The van der Waals surface area contributed by atoms with Crippen molar-refractivity contribution in [2.75, 3.05) is 0 Å². The molecule has 1 fully saturated rings. The molecule has 146 valence electrons. The van der Waals surface area contributed by atoms with Crippen LogP contribution in [0.5, 0.6) is 5.75 Å². The van der Waals surface area contributed by atoms with E-state index in [-0.39, 0.29) is 0 Å². The molecule has 1 aliphatic carbocycles. The number of aryl methyl sites for hydroxylation is 2. The molecule has 0 spiro atoms. The lowest BCUT2D eigenvalue weighted by atomic mass is 9.97. The van der Waals surface area contributed by atoms with Crippen LogP contribution in [0.3, 0.4) is 0 Å². The number of hydrogen-bond donors (Lipinski definition) is 1. The maximum atomic E-state index is 10.8. The molecular weight excluding hydrogens is 346 g/mol. The lowest BCUT2D eigenvalue weighted by Crippen LogP contribution is -2.20. The Balaban J connectivity index is 1.45. The first-order valence-electron chi connectivity index (χ1n) is 10.5. The number of pyridine rings is 1. The van der Waals surface area contributed by atoms with Crippen molar-refractivity contribution in [2.24, 2.45) is 0 Å². The van der Waals surface area contributed by atoms with E-state index < -0.39 is 6.10 Å². The number of hydrogen-bond acceptors (Lipinski definition) is 3. The average molecular weight is 376 g/mol. The number of aliphatic hydroxyl groups excluding tert-OH is 1. The Bertz CT molecular complexity index is 925. The minimum atomic E-state index is -0.590. The zero-order valence-electron chi connectivity index (χ0n) is 16.6. The fourth-order valence-corrected chi connectivity index (χ4v) is 4.14. The first-order chi connectivity index (χ1) is 13.7. The highest BCUT2D eigenvalue weighted by molar-refractivity contribution is 5.85. The predicted molar refractivity (Wildman–Crippen MR) is 114 cm³/mol. The number of fused-ring (bicyclic) bond motifs is 1. The summed E-state index contributed by atoms with van der Waals surface area (Å²) in [5, 5.41) is 13.3. The number of ether oxygens (including phenoxy) is 1. The van der Waals surface area contributed by atoms with Crippen LogP contribution in [-0.4, -0.2) is 16.2 Å². The molecule has 4 rings (SSSR count). The van der Waals surface area contributed by atoms with Gasteiger partial charge in [0, 0.05) is 17.8 Å². The van der Waals surface area contributed by atoms with Crippen LogP contribution in [0.2, 0.25) is 0 Å². The van der Waals surface area contributed by atoms with E-state index >= 15 is 0 Å². The second kappa shape index (κ2) is 8.74. The van der Waals surface area contributed by atoms with Crippen LogP contribution >= 0.6 is 0 Å². The first kappa shape index (κ1) is 18.9. The summed E-state index contributed by atoms with van der Waals surface area (Å²) in [4.78, 5) is 4.48. The predicted octanol–water partition coefficient (Wildman–Crippen LogP) is 5.92. The molecule has 0 amide bonds. The van der Waals surface area contributed by atoms with E-state index in [0.717, 1.165) is 30.6 Å². The second-order valence-electron chi connectivity index (χ2n) is 7.95. The summed E-state index contributed by atoms with van der Waals surface area (Å²) < 4.78 is 6.25. The summed E-state index contributed by atoms with van der Waals surface area (Å²) in [5.41, 5.74) is 3.01. The highest BCUT2D eigenvalue weighted by Gasteiger charge is 2.18. The quantitative estimate of drug-likeness (QED) is 0.581. The molecule has 1 atom stereocenters. The molecule has 0 radical (unpaired) electrons. The Morgan fingerprint density at radius 3 is 2.71 bits per heavy atom. The Morgan fingerprint density at radius 2 is 1.86 bits per heavy atom. The van der Waals surface area contributed by atoms with Crippen molar-refractivity contribution in [1.82, 2.24) is 4.98 Å². The molecule has 3 heteroatoms. The van der Waals surface area contributed by atoms with Gasteiger partial charge in [0.2, 0.25) is 0 Å². The lowest BCUT2D eigenvalue weighted by molar-refractivity contribution is 0.148. The van der Waals surface area contributed by atoms with Crippen molar-refractivity contribution in [3.8, 4) is 5.75 Å². The highest BCUT2D eigenvalue weighted by atomic mass is 16.5. The summed E-state index contributed by atoms with van der Waals surface area (Å²) in [6.45, 7) is 2.03. The lowest BCUT2D eigenvalue weighted by Gasteiger charge is -2.24. The molecule has 3 aromatic rings. The van der Waals surface area contributed by atoms with Crippen molar-refractivity contribution in [2.45, 2.75) is 64.1 Å². The van der Waals surface area contributed by atoms with Gasteiger partial charge in [0.25, 0.3) is 0 Å². The fourth-order valence-electron chi connectivity index (χ4n) is 4.14. The van der Waals surface area contributed by atoms with Gasteiger partial charge >= 0.3 is 0 Å². The topological polar surface area (TPSA) is 42.4 Å². The maximum absolute atomic E-state index is 10.8. The Kier molecular flexibility index (Phi) is 5.92. The largest absolute Gasteiger partial charge is 0.490 e. The van der Waals surface area contributed by atoms with E-state index in [9.17, 15) is 5.11 Å². The minimum absolute atomic E-state index is 0.301. The summed E-state index contributed by atoms with van der Waals surface area (Å²) >= 11 is 0. The summed E-state index contributed by atoms with van der Waals surface area (Å²) in [5.74, 6) is 0.876. The average Bonchev–Trinajstić information content (AvgIpc) is 2.74. The molecule has 3 nitrogen and oxygen atoms in total. The molecule has 1 N–H and O–H groups in total. The zero-order valence-corrected chi connectivity index (χ0v) is 16.6. The third-order valence-electron chi connectivity index (χ3n) is 5.83. The van der Waals surface area contributed by atoms with Gasteiger partial charge in [-0.15, -0.1) is 0 Å². The third-order valence-corrected chi connectivity index (χ3v) is 5.83. The molecule has 1 aliphatic rings. The molecule has 0 bridgehead atoms. The van der Waals surface area contributed by atoms with Gasteiger partial charge < -0.3 is 9.84 Å². The minimum Gasteiger partial charge on any atom is -0.490 e. The summed E-state index contributed by atoms with van der Waals surface area (Å²) in [6, 6.07) is 16.7. The summed E-state index contributed by atoms with van der Waals surface area (Å²) in [6.07, 6.45) is 9.06. The van der Waals surface area contributed by atoms with Gasteiger partial charge in [0.1, 0.15) is 5.75 Å². The number of aliphatic hydroxyl groups is 1. The van der Waals surface area contributed by atoms with E-state index in [2.05, 4.69) is 47.4 Å². The molecule has 0 aliphatic heterocycles.